The number of aromatic nitrogens is 2. The molecule has 0 aliphatic heterocycles. The minimum atomic E-state index is -0.210. The van der Waals surface area contributed by atoms with Crippen molar-refractivity contribution < 1.29 is 4.79 Å². The number of amides is 1. The maximum absolute atomic E-state index is 12.8. The molecule has 3 aromatic carbocycles. The summed E-state index contributed by atoms with van der Waals surface area (Å²) in [5.74, 6) is 0.252. The van der Waals surface area contributed by atoms with Gasteiger partial charge in [-0.1, -0.05) is 60.7 Å². The summed E-state index contributed by atoms with van der Waals surface area (Å²) in [5.41, 5.74) is 12.9. The van der Waals surface area contributed by atoms with Crippen molar-refractivity contribution in [2.75, 3.05) is 11.1 Å². The highest BCUT2D eigenvalue weighted by Gasteiger charge is 2.22. The number of nitrogens with one attached hydrogen (secondary N) is 1. The third-order valence-corrected chi connectivity index (χ3v) is 5.51. The first kappa shape index (κ1) is 19.7. The van der Waals surface area contributed by atoms with Crippen molar-refractivity contribution in [2.45, 2.75) is 12.8 Å². The molecule has 5 heteroatoms. The molecule has 0 unspecified atom stereocenters. The molecule has 3 N–H and O–H groups in total. The Morgan fingerprint density at radius 2 is 1.62 bits per heavy atom. The molecule has 0 fully saturated rings. The molecule has 0 radical (unpaired) electrons. The molecule has 0 atom stereocenters. The van der Waals surface area contributed by atoms with E-state index in [9.17, 15) is 4.79 Å². The van der Waals surface area contributed by atoms with E-state index in [4.69, 9.17) is 15.7 Å². The Balaban J connectivity index is 1.58. The Kier molecular flexibility index (Phi) is 5.22. The molecule has 4 aromatic rings. The zero-order valence-corrected chi connectivity index (χ0v) is 17.5. The summed E-state index contributed by atoms with van der Waals surface area (Å²) in [6, 6.07) is 25.0. The molecule has 0 spiro atoms. The SMILES string of the molecule is Nc1ccc2c(c1)CCc1nc(NC(=O)c3ccccc3)c(/C=C/c3ccccc3)nc1-2. The maximum atomic E-state index is 12.8. The van der Waals surface area contributed by atoms with Gasteiger partial charge in [-0.2, -0.15) is 0 Å². The van der Waals surface area contributed by atoms with E-state index < -0.39 is 0 Å². The van der Waals surface area contributed by atoms with Gasteiger partial charge in [0.2, 0.25) is 0 Å². The topological polar surface area (TPSA) is 80.9 Å². The fourth-order valence-electron chi connectivity index (χ4n) is 3.89. The maximum Gasteiger partial charge on any atom is 0.256 e. The molecule has 1 aliphatic carbocycles. The predicted molar refractivity (Wildman–Crippen MR) is 129 cm³/mol. The van der Waals surface area contributed by atoms with Gasteiger partial charge in [0.05, 0.1) is 11.4 Å². The summed E-state index contributed by atoms with van der Waals surface area (Å²) in [5, 5.41) is 2.96. The van der Waals surface area contributed by atoms with Gasteiger partial charge in [-0.25, -0.2) is 9.97 Å². The van der Waals surface area contributed by atoms with Crippen LogP contribution >= 0.6 is 0 Å². The quantitative estimate of drug-likeness (QED) is 0.444. The van der Waals surface area contributed by atoms with Crippen LogP contribution in [0, 0.1) is 0 Å². The molecule has 5 nitrogen and oxygen atoms in total. The summed E-state index contributed by atoms with van der Waals surface area (Å²) < 4.78 is 0. The second-order valence-electron chi connectivity index (χ2n) is 7.73. The molecule has 1 aromatic heterocycles. The average Bonchev–Trinajstić information content (AvgIpc) is 2.83. The molecule has 0 bridgehead atoms. The number of anilines is 2. The average molecular weight is 419 g/mol. The molecule has 156 valence electrons. The van der Waals surface area contributed by atoms with Gasteiger partial charge < -0.3 is 11.1 Å². The fourth-order valence-corrected chi connectivity index (χ4v) is 3.89. The lowest BCUT2D eigenvalue weighted by Gasteiger charge is -2.20. The summed E-state index contributed by atoms with van der Waals surface area (Å²) in [6.45, 7) is 0. The molecule has 32 heavy (non-hydrogen) atoms. The smallest absolute Gasteiger partial charge is 0.256 e. The first-order valence-corrected chi connectivity index (χ1v) is 10.6. The number of rotatable bonds is 4. The minimum Gasteiger partial charge on any atom is -0.399 e. The summed E-state index contributed by atoms with van der Waals surface area (Å²) in [4.78, 5) is 22.6. The first-order valence-electron chi connectivity index (χ1n) is 10.6. The first-order chi connectivity index (χ1) is 15.7. The molecule has 1 amide bonds. The lowest BCUT2D eigenvalue weighted by Crippen LogP contribution is -2.17. The Morgan fingerprint density at radius 3 is 2.41 bits per heavy atom. The lowest BCUT2D eigenvalue weighted by molar-refractivity contribution is 0.102. The van der Waals surface area contributed by atoms with E-state index in [1.54, 1.807) is 12.1 Å². The monoisotopic (exact) mass is 418 g/mol. The van der Waals surface area contributed by atoms with Gasteiger partial charge in [-0.15, -0.1) is 0 Å². The molecule has 0 saturated heterocycles. The Bertz CT molecular complexity index is 1310. The van der Waals surface area contributed by atoms with E-state index in [-0.39, 0.29) is 5.91 Å². The van der Waals surface area contributed by atoms with Crippen molar-refractivity contribution in [3.63, 3.8) is 0 Å². The van der Waals surface area contributed by atoms with Gasteiger partial charge in [0.1, 0.15) is 5.69 Å². The highest BCUT2D eigenvalue weighted by Crippen LogP contribution is 2.34. The van der Waals surface area contributed by atoms with Gasteiger partial charge in [-0.05, 0) is 54.3 Å². The van der Waals surface area contributed by atoms with E-state index in [2.05, 4.69) is 5.32 Å². The van der Waals surface area contributed by atoms with Crippen LogP contribution in [0.5, 0.6) is 0 Å². The minimum absolute atomic E-state index is 0.210. The summed E-state index contributed by atoms with van der Waals surface area (Å²) in [6.07, 6.45) is 5.46. The Hall–Kier alpha value is -4.25. The van der Waals surface area contributed by atoms with Gasteiger partial charge in [0.15, 0.2) is 5.82 Å². The Labute approximate surface area is 186 Å². The largest absolute Gasteiger partial charge is 0.399 e. The third-order valence-electron chi connectivity index (χ3n) is 5.51. The number of carbonyl (C=O) groups excluding carboxylic acids is 1. The van der Waals surface area contributed by atoms with E-state index in [0.717, 1.165) is 41.0 Å². The van der Waals surface area contributed by atoms with Crippen LogP contribution in [0.25, 0.3) is 23.4 Å². The van der Waals surface area contributed by atoms with Crippen molar-refractivity contribution in [1.82, 2.24) is 9.97 Å². The van der Waals surface area contributed by atoms with Gasteiger partial charge in [0, 0.05) is 16.8 Å². The Morgan fingerprint density at radius 1 is 0.875 bits per heavy atom. The number of hydrogen-bond donors (Lipinski definition) is 2. The highest BCUT2D eigenvalue weighted by molar-refractivity contribution is 6.04. The van der Waals surface area contributed by atoms with Gasteiger partial charge in [-0.3, -0.25) is 4.79 Å². The number of carbonyl (C=O) groups is 1. The van der Waals surface area contributed by atoms with Crippen molar-refractivity contribution in [3.8, 4) is 11.3 Å². The van der Waals surface area contributed by atoms with Crippen LogP contribution in [0.2, 0.25) is 0 Å². The normalized spacial score (nSPS) is 12.2. The molecule has 5 rings (SSSR count). The van der Waals surface area contributed by atoms with Crippen LogP contribution in [-0.2, 0) is 12.8 Å². The van der Waals surface area contributed by atoms with Crippen LogP contribution in [0.1, 0.15) is 32.9 Å². The molecule has 1 aliphatic rings. The van der Waals surface area contributed by atoms with Crippen LogP contribution in [0.15, 0.2) is 78.9 Å². The highest BCUT2D eigenvalue weighted by atomic mass is 16.1. The van der Waals surface area contributed by atoms with Crippen molar-refractivity contribution >= 4 is 29.6 Å². The molecule has 0 saturated carbocycles. The number of fused-ring (bicyclic) bond motifs is 3. The van der Waals surface area contributed by atoms with E-state index in [1.807, 2.05) is 78.9 Å². The standard InChI is InChI=1S/C27H22N4O/c28-21-13-14-22-20(17-21)12-16-23-25(22)29-24(15-11-18-7-3-1-4-8-18)26(30-23)31-27(32)19-9-5-2-6-10-19/h1-11,13-15,17H,12,16,28H2,(H,30,31,32)/b15-11+. The second kappa shape index (κ2) is 8.47. The zero-order valence-electron chi connectivity index (χ0n) is 17.5. The number of benzene rings is 3. The molecule has 1 heterocycles. The van der Waals surface area contributed by atoms with Crippen molar-refractivity contribution in [2.24, 2.45) is 0 Å². The number of hydrogen-bond acceptors (Lipinski definition) is 4. The van der Waals surface area contributed by atoms with Gasteiger partial charge >= 0.3 is 0 Å². The predicted octanol–water partition coefficient (Wildman–Crippen LogP) is 5.25. The molecular weight excluding hydrogens is 396 g/mol. The number of nitrogen functional groups attached to an aromatic ring is 1. The number of aryl methyl sites for hydroxylation is 2. The number of nitrogens with two attached hydrogens (primary N) is 1. The van der Waals surface area contributed by atoms with Crippen LogP contribution in [0.4, 0.5) is 11.5 Å². The fraction of sp³-hybridized carbons (Fsp3) is 0.0741. The summed E-state index contributed by atoms with van der Waals surface area (Å²) >= 11 is 0. The van der Waals surface area contributed by atoms with Crippen molar-refractivity contribution in [3.05, 3.63) is 107 Å². The van der Waals surface area contributed by atoms with Crippen LogP contribution in [-0.4, -0.2) is 15.9 Å². The van der Waals surface area contributed by atoms with Crippen molar-refractivity contribution in [1.29, 1.82) is 0 Å². The third kappa shape index (κ3) is 4.01. The van der Waals surface area contributed by atoms with Crippen LogP contribution < -0.4 is 11.1 Å². The van der Waals surface area contributed by atoms with E-state index >= 15 is 0 Å². The second-order valence-corrected chi connectivity index (χ2v) is 7.73. The zero-order chi connectivity index (χ0) is 21.9. The summed E-state index contributed by atoms with van der Waals surface area (Å²) in [7, 11) is 0. The van der Waals surface area contributed by atoms with Crippen LogP contribution in [0.3, 0.4) is 0 Å². The van der Waals surface area contributed by atoms with E-state index in [1.165, 1.54) is 5.56 Å². The lowest BCUT2D eigenvalue weighted by atomic mass is 9.91. The molecular formula is C27H22N4O. The van der Waals surface area contributed by atoms with E-state index in [0.29, 0.717) is 17.1 Å². The van der Waals surface area contributed by atoms with Gasteiger partial charge in [0.25, 0.3) is 5.91 Å². The number of nitrogens with zero attached hydrogens (tertiary/aromatic N) is 2.